The minimum Gasteiger partial charge on any atom is -0.492 e. The molecule has 0 spiro atoms. The van der Waals surface area contributed by atoms with E-state index in [0.29, 0.717) is 8.83 Å². The Morgan fingerprint density at radius 3 is 2.67 bits per heavy atom. The summed E-state index contributed by atoms with van der Waals surface area (Å²) in [4.78, 5) is 5.08. The number of hydrogen-bond donors (Lipinski definition) is 2. The lowest BCUT2D eigenvalue weighted by Crippen LogP contribution is -2.07. The van der Waals surface area contributed by atoms with Crippen LogP contribution < -0.4 is 5.43 Å². The molecule has 0 fully saturated rings. The maximum absolute atomic E-state index is 10.5. The van der Waals surface area contributed by atoms with E-state index >= 15 is 0 Å². The van der Waals surface area contributed by atoms with Crippen LogP contribution in [0.2, 0.25) is 0 Å². The molecule has 6 heteroatoms. The zero-order valence-electron chi connectivity index (χ0n) is 12.5. The summed E-state index contributed by atoms with van der Waals surface area (Å²) in [5.74, 6) is 0.0964. The van der Waals surface area contributed by atoms with Crippen LogP contribution in [0.15, 0.2) is 59.6 Å². The Hall–Kier alpha value is -2.70. The van der Waals surface area contributed by atoms with Gasteiger partial charge in [0.15, 0.2) is 3.95 Å². The zero-order chi connectivity index (χ0) is 16.5. The van der Waals surface area contributed by atoms with Crippen LogP contribution in [0.5, 0.6) is 5.88 Å². The number of benzene rings is 2. The molecule has 2 N–H and O–H groups in total. The molecule has 4 nitrogen and oxygen atoms in total. The number of rotatable bonds is 3. The Labute approximate surface area is 148 Å². The van der Waals surface area contributed by atoms with Crippen LogP contribution in [-0.4, -0.2) is 16.0 Å². The number of allylic oxidation sites excluding steroid dienone is 1. The minimum atomic E-state index is 0.0964. The first-order valence-corrected chi connectivity index (χ1v) is 8.57. The van der Waals surface area contributed by atoms with Gasteiger partial charge in [0.2, 0.25) is 5.88 Å². The fourth-order valence-corrected chi connectivity index (χ4v) is 3.69. The Kier molecular flexibility index (Phi) is 3.76. The second-order valence-electron chi connectivity index (χ2n) is 5.24. The van der Waals surface area contributed by atoms with Crippen molar-refractivity contribution in [2.45, 2.75) is 0 Å². The van der Waals surface area contributed by atoms with Crippen LogP contribution in [0.1, 0.15) is 10.4 Å². The molecule has 1 aromatic heterocycles. The van der Waals surface area contributed by atoms with Crippen molar-refractivity contribution in [3.05, 3.63) is 69.0 Å². The largest absolute Gasteiger partial charge is 0.492 e. The van der Waals surface area contributed by atoms with E-state index in [-0.39, 0.29) is 5.88 Å². The van der Waals surface area contributed by atoms with E-state index in [1.165, 1.54) is 16.0 Å². The van der Waals surface area contributed by atoms with E-state index in [1.807, 2.05) is 66.9 Å². The summed E-state index contributed by atoms with van der Waals surface area (Å²) in [6.45, 7) is 0. The Morgan fingerprint density at radius 2 is 1.83 bits per heavy atom. The highest BCUT2D eigenvalue weighted by molar-refractivity contribution is 7.73. The van der Waals surface area contributed by atoms with Crippen molar-refractivity contribution in [2.75, 3.05) is 5.43 Å². The van der Waals surface area contributed by atoms with Gasteiger partial charge in [0.05, 0.1) is 16.3 Å². The topological polar surface area (TPSA) is 49.6 Å². The molecule has 3 aromatic rings. The predicted octanol–water partition coefficient (Wildman–Crippen LogP) is 5.12. The minimum absolute atomic E-state index is 0.0964. The molecule has 0 saturated carbocycles. The van der Waals surface area contributed by atoms with Crippen LogP contribution in [0, 0.1) is 3.95 Å². The van der Waals surface area contributed by atoms with E-state index in [1.54, 1.807) is 0 Å². The molecule has 2 heterocycles. The predicted molar refractivity (Wildman–Crippen MR) is 103 cm³/mol. The average molecular weight is 351 g/mol. The summed E-state index contributed by atoms with van der Waals surface area (Å²) in [6.07, 6.45) is 3.72. The van der Waals surface area contributed by atoms with Crippen molar-refractivity contribution < 1.29 is 5.11 Å². The summed E-state index contributed by atoms with van der Waals surface area (Å²) in [6, 6.07) is 17.5. The van der Waals surface area contributed by atoms with Gasteiger partial charge in [0.1, 0.15) is 0 Å². The van der Waals surface area contributed by atoms with Gasteiger partial charge in [-0.1, -0.05) is 47.7 Å². The maximum atomic E-state index is 10.5. The van der Waals surface area contributed by atoms with Gasteiger partial charge in [0, 0.05) is 17.4 Å². The smallest absolute Gasteiger partial charge is 0.230 e. The monoisotopic (exact) mass is 351 g/mol. The van der Waals surface area contributed by atoms with Gasteiger partial charge in [-0.25, -0.2) is 4.68 Å². The molecule has 0 aliphatic carbocycles. The molecule has 24 heavy (non-hydrogen) atoms. The third kappa shape index (κ3) is 2.66. The molecule has 118 valence electrons. The molecule has 0 saturated heterocycles. The SMILES string of the molecule is Oc1c(/C=C2/C=Nc3ccccc32)sc(=S)n1Nc1ccccc1. The number of aromatic hydroxyl groups is 1. The van der Waals surface area contributed by atoms with Gasteiger partial charge in [-0.3, -0.25) is 10.4 Å². The number of thiazole rings is 1. The second-order valence-corrected chi connectivity index (χ2v) is 6.92. The molecule has 0 amide bonds. The van der Waals surface area contributed by atoms with Gasteiger partial charge < -0.3 is 5.11 Å². The Morgan fingerprint density at radius 1 is 1.08 bits per heavy atom. The molecule has 0 atom stereocenters. The van der Waals surface area contributed by atoms with Crippen molar-refractivity contribution in [3.63, 3.8) is 0 Å². The molecular formula is C18H13N3OS2. The van der Waals surface area contributed by atoms with Crippen molar-refractivity contribution in [1.82, 2.24) is 4.68 Å². The maximum Gasteiger partial charge on any atom is 0.230 e. The molecular weight excluding hydrogens is 338 g/mol. The van der Waals surface area contributed by atoms with Gasteiger partial charge >= 0.3 is 0 Å². The Balaban J connectivity index is 1.72. The van der Waals surface area contributed by atoms with Crippen LogP contribution >= 0.6 is 23.6 Å². The first-order valence-electron chi connectivity index (χ1n) is 7.34. The number of para-hydroxylation sites is 2. The quantitative estimate of drug-likeness (QED) is 0.644. The van der Waals surface area contributed by atoms with E-state index in [0.717, 1.165) is 22.5 Å². The number of fused-ring (bicyclic) bond motifs is 1. The molecule has 4 rings (SSSR count). The first-order chi connectivity index (χ1) is 11.7. The molecule has 0 bridgehead atoms. The van der Waals surface area contributed by atoms with Gasteiger partial charge in [-0.2, -0.15) is 0 Å². The van der Waals surface area contributed by atoms with Crippen molar-refractivity contribution in [3.8, 4) is 5.88 Å². The molecule has 2 aromatic carbocycles. The van der Waals surface area contributed by atoms with Crippen LogP contribution in [0.3, 0.4) is 0 Å². The fourth-order valence-electron chi connectivity index (χ4n) is 2.51. The van der Waals surface area contributed by atoms with Gasteiger partial charge in [-0.05, 0) is 36.5 Å². The highest BCUT2D eigenvalue weighted by atomic mass is 32.1. The lowest BCUT2D eigenvalue weighted by molar-refractivity contribution is 0.434. The van der Waals surface area contributed by atoms with Gasteiger partial charge in [0.25, 0.3) is 0 Å². The number of aromatic nitrogens is 1. The van der Waals surface area contributed by atoms with Crippen LogP contribution in [0.4, 0.5) is 11.4 Å². The molecule has 0 radical (unpaired) electrons. The van der Waals surface area contributed by atoms with E-state index in [9.17, 15) is 5.11 Å². The molecule has 0 unspecified atom stereocenters. The normalized spacial score (nSPS) is 14.1. The summed E-state index contributed by atoms with van der Waals surface area (Å²) < 4.78 is 2.06. The van der Waals surface area contributed by atoms with Crippen molar-refractivity contribution in [2.24, 2.45) is 4.99 Å². The summed E-state index contributed by atoms with van der Waals surface area (Å²) in [5, 5.41) is 10.5. The third-order valence-electron chi connectivity index (χ3n) is 3.67. The van der Waals surface area contributed by atoms with Crippen molar-refractivity contribution >= 4 is 52.8 Å². The zero-order valence-corrected chi connectivity index (χ0v) is 14.1. The molecule has 1 aliphatic rings. The van der Waals surface area contributed by atoms with E-state index < -0.39 is 0 Å². The average Bonchev–Trinajstić information content (AvgIpc) is 3.13. The third-order valence-corrected chi connectivity index (χ3v) is 4.98. The van der Waals surface area contributed by atoms with Gasteiger partial charge in [-0.15, -0.1) is 0 Å². The number of aliphatic imine (C=N–C) groups is 1. The summed E-state index contributed by atoms with van der Waals surface area (Å²) in [5.41, 5.74) is 6.93. The first kappa shape index (κ1) is 14.9. The van der Waals surface area contributed by atoms with Crippen molar-refractivity contribution in [1.29, 1.82) is 0 Å². The Bertz CT molecular complexity index is 1020. The molecule has 1 aliphatic heterocycles. The number of nitrogens with zero attached hydrogens (tertiary/aromatic N) is 2. The van der Waals surface area contributed by atoms with Crippen LogP contribution in [0.25, 0.3) is 11.6 Å². The van der Waals surface area contributed by atoms with Crippen LogP contribution in [-0.2, 0) is 0 Å². The lowest BCUT2D eigenvalue weighted by Gasteiger charge is -2.08. The lowest BCUT2D eigenvalue weighted by atomic mass is 10.1. The standard InChI is InChI=1S/C18H13N3OS2/c22-17-16(10-12-11-19-15-9-5-4-8-14(12)15)24-18(23)21(17)20-13-6-2-1-3-7-13/h1-11,20,22H/b12-10-. The second kappa shape index (κ2) is 6.07. The highest BCUT2D eigenvalue weighted by Gasteiger charge is 2.15. The summed E-state index contributed by atoms with van der Waals surface area (Å²) >= 11 is 6.72. The number of hydrogen-bond acceptors (Lipinski definition) is 5. The number of nitrogens with one attached hydrogen (secondary N) is 1. The van der Waals surface area contributed by atoms with E-state index in [4.69, 9.17) is 12.2 Å². The highest BCUT2D eigenvalue weighted by Crippen LogP contribution is 2.35. The fraction of sp³-hybridized carbons (Fsp3) is 0. The number of anilines is 1. The summed E-state index contributed by atoms with van der Waals surface area (Å²) in [7, 11) is 0. The van der Waals surface area contributed by atoms with E-state index in [2.05, 4.69) is 10.4 Å².